The summed E-state index contributed by atoms with van der Waals surface area (Å²) in [5, 5.41) is 10.3. The van der Waals surface area contributed by atoms with Crippen LogP contribution >= 0.6 is 11.8 Å². The van der Waals surface area contributed by atoms with E-state index in [0.29, 0.717) is 17.9 Å². The average molecular weight is 292 g/mol. The fourth-order valence-electron chi connectivity index (χ4n) is 2.31. The fourth-order valence-corrected chi connectivity index (χ4v) is 2.95. The van der Waals surface area contributed by atoms with Crippen molar-refractivity contribution >= 4 is 17.5 Å². The van der Waals surface area contributed by atoms with Crippen LogP contribution in [0.15, 0.2) is 41.3 Å². The van der Waals surface area contributed by atoms with Crippen molar-refractivity contribution in [1.82, 2.24) is 0 Å². The van der Waals surface area contributed by atoms with Crippen molar-refractivity contribution in [3.8, 4) is 5.75 Å². The van der Waals surface area contributed by atoms with Crippen LogP contribution in [-0.4, -0.2) is 29.4 Å². The van der Waals surface area contributed by atoms with Crippen molar-refractivity contribution in [2.24, 2.45) is 0 Å². The van der Waals surface area contributed by atoms with Gasteiger partial charge in [0.1, 0.15) is 5.75 Å². The van der Waals surface area contributed by atoms with Crippen molar-refractivity contribution in [2.45, 2.75) is 31.3 Å². The number of carbonyl (C=O) groups excluding carboxylic acids is 1. The van der Waals surface area contributed by atoms with Gasteiger partial charge in [0, 0.05) is 11.3 Å². The second-order valence-electron chi connectivity index (χ2n) is 5.03. The molecule has 0 aliphatic heterocycles. The van der Waals surface area contributed by atoms with Crippen molar-refractivity contribution < 1.29 is 14.6 Å². The molecule has 0 heterocycles. The molecular formula is C16H20O3S. The quantitative estimate of drug-likeness (QED) is 0.784. The first-order valence-corrected chi connectivity index (χ1v) is 8.06. The Morgan fingerprint density at radius 3 is 2.70 bits per heavy atom. The zero-order valence-electron chi connectivity index (χ0n) is 11.7. The van der Waals surface area contributed by atoms with Gasteiger partial charge in [-0.15, -0.1) is 11.8 Å². The number of hydrogen-bond acceptors (Lipinski definition) is 4. The lowest BCUT2D eigenvalue weighted by molar-refractivity contribution is -0.116. The summed E-state index contributed by atoms with van der Waals surface area (Å²) < 4.78 is 5.60. The van der Waals surface area contributed by atoms with Crippen LogP contribution in [0.1, 0.15) is 25.7 Å². The number of ketones is 1. The van der Waals surface area contributed by atoms with Crippen molar-refractivity contribution in [1.29, 1.82) is 0 Å². The molecule has 0 radical (unpaired) electrons. The smallest absolute Gasteiger partial charge is 0.172 e. The van der Waals surface area contributed by atoms with E-state index in [-0.39, 0.29) is 12.2 Å². The van der Waals surface area contributed by atoms with Gasteiger partial charge in [0.2, 0.25) is 0 Å². The van der Waals surface area contributed by atoms with Crippen LogP contribution in [0.2, 0.25) is 0 Å². The molecule has 1 unspecified atom stereocenters. The van der Waals surface area contributed by atoms with Crippen molar-refractivity contribution in [3.63, 3.8) is 0 Å². The normalized spacial score (nSPS) is 21.9. The molecule has 0 saturated heterocycles. The Kier molecular flexibility index (Phi) is 5.26. The summed E-state index contributed by atoms with van der Waals surface area (Å²) in [5.41, 5.74) is -0.942. The lowest BCUT2D eigenvalue weighted by Gasteiger charge is -2.18. The van der Waals surface area contributed by atoms with Crippen LogP contribution in [-0.2, 0) is 4.79 Å². The fraction of sp³-hybridized carbons (Fsp3) is 0.438. The summed E-state index contributed by atoms with van der Waals surface area (Å²) in [6.45, 7) is 0.632. The van der Waals surface area contributed by atoms with E-state index in [1.165, 1.54) is 11.8 Å². The molecule has 0 saturated carbocycles. The van der Waals surface area contributed by atoms with E-state index in [0.717, 1.165) is 18.6 Å². The van der Waals surface area contributed by atoms with E-state index >= 15 is 0 Å². The van der Waals surface area contributed by atoms with E-state index in [4.69, 9.17) is 4.74 Å². The van der Waals surface area contributed by atoms with E-state index in [1.807, 2.05) is 36.6 Å². The zero-order chi connectivity index (χ0) is 14.4. The number of benzene rings is 1. The lowest BCUT2D eigenvalue weighted by Crippen LogP contribution is -2.24. The molecule has 3 nitrogen and oxygen atoms in total. The first kappa shape index (κ1) is 15.1. The Morgan fingerprint density at radius 1 is 1.30 bits per heavy atom. The standard InChI is InChI=1S/C16H20O3S/c1-20-15-12-16(18,11-14(15)17)9-5-6-10-19-13-7-3-2-4-8-13/h2-4,7-8,12,18H,5-6,9-11H2,1H3. The Hall–Kier alpha value is -1.26. The molecule has 0 fully saturated rings. The predicted molar refractivity (Wildman–Crippen MR) is 82.0 cm³/mol. The molecule has 20 heavy (non-hydrogen) atoms. The molecular weight excluding hydrogens is 272 g/mol. The highest BCUT2D eigenvalue weighted by Gasteiger charge is 2.35. The number of Topliss-reactive ketones (excluding diaryl/α,β-unsaturated/α-hetero) is 1. The zero-order valence-corrected chi connectivity index (χ0v) is 12.5. The minimum absolute atomic E-state index is 0.0561. The number of rotatable bonds is 7. The lowest BCUT2D eigenvalue weighted by atomic mass is 9.96. The van der Waals surface area contributed by atoms with Crippen LogP contribution in [0, 0.1) is 0 Å². The summed E-state index contributed by atoms with van der Waals surface area (Å²) in [5.74, 6) is 0.923. The Balaban J connectivity index is 1.69. The van der Waals surface area contributed by atoms with Gasteiger partial charge in [0.25, 0.3) is 0 Å². The second-order valence-corrected chi connectivity index (χ2v) is 5.88. The molecule has 1 aromatic carbocycles. The summed E-state index contributed by atoms with van der Waals surface area (Å²) in [7, 11) is 0. The highest BCUT2D eigenvalue weighted by Crippen LogP contribution is 2.34. The first-order valence-electron chi connectivity index (χ1n) is 6.83. The topological polar surface area (TPSA) is 46.5 Å². The minimum atomic E-state index is -0.942. The van der Waals surface area contributed by atoms with E-state index in [2.05, 4.69) is 0 Å². The van der Waals surface area contributed by atoms with Gasteiger partial charge in [-0.1, -0.05) is 18.2 Å². The molecule has 0 bridgehead atoms. The summed E-state index contributed by atoms with van der Waals surface area (Å²) in [4.78, 5) is 12.3. The number of unbranched alkanes of at least 4 members (excludes halogenated alkanes) is 1. The maximum absolute atomic E-state index is 11.6. The van der Waals surface area contributed by atoms with Gasteiger partial charge in [-0.2, -0.15) is 0 Å². The highest BCUT2D eigenvalue weighted by atomic mass is 32.2. The largest absolute Gasteiger partial charge is 0.494 e. The molecule has 1 atom stereocenters. The third-order valence-corrected chi connectivity index (χ3v) is 4.16. The molecule has 2 rings (SSSR count). The van der Waals surface area contributed by atoms with E-state index < -0.39 is 5.60 Å². The van der Waals surface area contributed by atoms with Gasteiger partial charge in [-0.3, -0.25) is 4.79 Å². The molecule has 108 valence electrons. The maximum Gasteiger partial charge on any atom is 0.172 e. The van der Waals surface area contributed by atoms with Crippen LogP contribution < -0.4 is 4.74 Å². The first-order chi connectivity index (χ1) is 9.63. The van der Waals surface area contributed by atoms with Crippen molar-refractivity contribution in [3.05, 3.63) is 41.3 Å². The molecule has 1 N–H and O–H groups in total. The number of ether oxygens (including phenoxy) is 1. The van der Waals surface area contributed by atoms with Gasteiger partial charge in [0.15, 0.2) is 5.78 Å². The van der Waals surface area contributed by atoms with Crippen LogP contribution in [0.5, 0.6) is 5.75 Å². The monoisotopic (exact) mass is 292 g/mol. The molecule has 1 aromatic rings. The van der Waals surface area contributed by atoms with Crippen LogP contribution in [0.3, 0.4) is 0 Å². The number of allylic oxidation sites excluding steroid dienone is 1. The van der Waals surface area contributed by atoms with Crippen LogP contribution in [0.25, 0.3) is 0 Å². The summed E-state index contributed by atoms with van der Waals surface area (Å²) >= 11 is 1.41. The molecule has 1 aliphatic carbocycles. The number of carbonyl (C=O) groups is 1. The second kappa shape index (κ2) is 6.95. The molecule has 0 amide bonds. The number of para-hydroxylation sites is 1. The highest BCUT2D eigenvalue weighted by molar-refractivity contribution is 8.03. The van der Waals surface area contributed by atoms with Gasteiger partial charge in [-0.25, -0.2) is 0 Å². The molecule has 4 heteroatoms. The number of hydrogen-bond donors (Lipinski definition) is 1. The molecule has 0 spiro atoms. The molecule has 1 aliphatic rings. The summed E-state index contributed by atoms with van der Waals surface area (Å²) in [6, 6.07) is 9.69. The third kappa shape index (κ3) is 4.12. The van der Waals surface area contributed by atoms with Gasteiger partial charge < -0.3 is 9.84 Å². The van der Waals surface area contributed by atoms with Crippen molar-refractivity contribution in [2.75, 3.05) is 12.9 Å². The Bertz CT molecular complexity index is 484. The average Bonchev–Trinajstić information content (AvgIpc) is 2.74. The maximum atomic E-state index is 11.6. The third-order valence-electron chi connectivity index (χ3n) is 3.38. The van der Waals surface area contributed by atoms with Gasteiger partial charge in [0.05, 0.1) is 12.2 Å². The predicted octanol–water partition coefficient (Wildman–Crippen LogP) is 3.19. The number of aliphatic hydroxyl groups is 1. The SMILES string of the molecule is CSC1=CC(O)(CCCCOc2ccccc2)CC1=O. The van der Waals surface area contributed by atoms with Gasteiger partial charge in [-0.05, 0) is 43.7 Å². The summed E-state index contributed by atoms with van der Waals surface area (Å²) in [6.07, 6.45) is 6.13. The molecule has 0 aromatic heterocycles. The van der Waals surface area contributed by atoms with Crippen LogP contribution in [0.4, 0.5) is 0 Å². The number of thioether (sulfide) groups is 1. The Labute approximate surface area is 124 Å². The Morgan fingerprint density at radius 2 is 2.05 bits per heavy atom. The minimum Gasteiger partial charge on any atom is -0.494 e. The van der Waals surface area contributed by atoms with E-state index in [1.54, 1.807) is 6.08 Å². The van der Waals surface area contributed by atoms with Gasteiger partial charge >= 0.3 is 0 Å². The van der Waals surface area contributed by atoms with E-state index in [9.17, 15) is 9.90 Å².